The van der Waals surface area contributed by atoms with E-state index in [9.17, 15) is 0 Å². The van der Waals surface area contributed by atoms with Crippen molar-refractivity contribution in [1.29, 1.82) is 0 Å². The summed E-state index contributed by atoms with van der Waals surface area (Å²) in [6, 6.07) is 0.713. The molecule has 90 valence electrons. The van der Waals surface area contributed by atoms with Gasteiger partial charge in [0.15, 0.2) is 0 Å². The molecule has 5 nitrogen and oxygen atoms in total. The number of nitrogens with two attached hydrogens (primary N) is 1. The quantitative estimate of drug-likeness (QED) is 0.767. The highest BCUT2D eigenvalue weighted by atomic mass is 15.3. The van der Waals surface area contributed by atoms with Crippen LogP contribution in [0.25, 0.3) is 0 Å². The van der Waals surface area contributed by atoms with Crippen LogP contribution in [-0.2, 0) is 13.1 Å². The van der Waals surface area contributed by atoms with Gasteiger partial charge in [0.05, 0.1) is 6.54 Å². The van der Waals surface area contributed by atoms with Crippen molar-refractivity contribution in [3.8, 4) is 0 Å². The number of aromatic nitrogens is 3. The van der Waals surface area contributed by atoms with E-state index in [1.807, 2.05) is 4.68 Å². The van der Waals surface area contributed by atoms with E-state index in [-0.39, 0.29) is 0 Å². The molecule has 0 unspecified atom stereocenters. The number of nitrogens with zero attached hydrogens (tertiary/aromatic N) is 4. The molecular formula is C11H21N5. The first-order chi connectivity index (χ1) is 7.85. The maximum absolute atomic E-state index is 5.66. The number of hydrogen-bond donors (Lipinski definition) is 1. The summed E-state index contributed by atoms with van der Waals surface area (Å²) in [4.78, 5) is 6.76. The molecule has 16 heavy (non-hydrogen) atoms. The van der Waals surface area contributed by atoms with Gasteiger partial charge in [-0.25, -0.2) is 9.67 Å². The number of aryl methyl sites for hydroxylation is 1. The standard InChI is InChI=1S/C11H21N5/c1-2-16-11(13-9-14-16)8-15(7-6-12)10-4-3-5-10/h9-10H,2-8,12H2,1H3. The minimum atomic E-state index is 0.713. The molecule has 1 aliphatic carbocycles. The third-order valence-corrected chi connectivity index (χ3v) is 3.35. The molecule has 0 aromatic carbocycles. The fourth-order valence-corrected chi connectivity index (χ4v) is 2.16. The lowest BCUT2D eigenvalue weighted by molar-refractivity contribution is 0.118. The van der Waals surface area contributed by atoms with Crippen LogP contribution < -0.4 is 5.73 Å². The molecule has 2 rings (SSSR count). The second kappa shape index (κ2) is 5.41. The van der Waals surface area contributed by atoms with Crippen molar-refractivity contribution in [2.45, 2.75) is 45.3 Å². The molecule has 0 radical (unpaired) electrons. The highest BCUT2D eigenvalue weighted by Crippen LogP contribution is 2.25. The summed E-state index contributed by atoms with van der Waals surface area (Å²) in [5.74, 6) is 1.06. The summed E-state index contributed by atoms with van der Waals surface area (Å²) < 4.78 is 1.96. The largest absolute Gasteiger partial charge is 0.329 e. The lowest BCUT2D eigenvalue weighted by Crippen LogP contribution is -2.42. The molecule has 1 saturated carbocycles. The topological polar surface area (TPSA) is 60.0 Å². The highest BCUT2D eigenvalue weighted by Gasteiger charge is 2.25. The van der Waals surface area contributed by atoms with E-state index in [0.29, 0.717) is 6.04 Å². The molecule has 2 N–H and O–H groups in total. The van der Waals surface area contributed by atoms with Crippen LogP contribution in [0.3, 0.4) is 0 Å². The molecule has 5 heteroatoms. The predicted octanol–water partition coefficient (Wildman–Crippen LogP) is 0.611. The van der Waals surface area contributed by atoms with Crippen LogP contribution >= 0.6 is 0 Å². The Hall–Kier alpha value is -0.940. The average molecular weight is 223 g/mol. The van der Waals surface area contributed by atoms with Crippen LogP contribution in [0.4, 0.5) is 0 Å². The second-order valence-corrected chi connectivity index (χ2v) is 4.34. The first-order valence-corrected chi connectivity index (χ1v) is 6.16. The molecule has 0 bridgehead atoms. The minimum absolute atomic E-state index is 0.713. The van der Waals surface area contributed by atoms with Crippen LogP contribution in [-0.4, -0.2) is 38.8 Å². The normalized spacial score (nSPS) is 16.7. The Morgan fingerprint density at radius 2 is 2.38 bits per heavy atom. The van der Waals surface area contributed by atoms with E-state index in [4.69, 9.17) is 5.73 Å². The van der Waals surface area contributed by atoms with Gasteiger partial charge in [-0.2, -0.15) is 5.10 Å². The zero-order valence-electron chi connectivity index (χ0n) is 9.97. The Balaban J connectivity index is 1.98. The Morgan fingerprint density at radius 1 is 1.56 bits per heavy atom. The van der Waals surface area contributed by atoms with Crippen molar-refractivity contribution in [2.75, 3.05) is 13.1 Å². The van der Waals surface area contributed by atoms with Gasteiger partial charge in [0.1, 0.15) is 12.2 Å². The fourth-order valence-electron chi connectivity index (χ4n) is 2.16. The first-order valence-electron chi connectivity index (χ1n) is 6.16. The molecule has 1 aromatic heterocycles. The summed E-state index contributed by atoms with van der Waals surface area (Å²) in [7, 11) is 0. The van der Waals surface area contributed by atoms with E-state index in [1.165, 1.54) is 19.3 Å². The summed E-state index contributed by atoms with van der Waals surface area (Å²) in [5.41, 5.74) is 5.66. The zero-order valence-corrected chi connectivity index (χ0v) is 9.97. The third kappa shape index (κ3) is 2.41. The van der Waals surface area contributed by atoms with Crippen molar-refractivity contribution in [1.82, 2.24) is 19.7 Å². The maximum Gasteiger partial charge on any atom is 0.141 e. The van der Waals surface area contributed by atoms with E-state index < -0.39 is 0 Å². The van der Waals surface area contributed by atoms with E-state index >= 15 is 0 Å². The Labute approximate surface area is 96.6 Å². The van der Waals surface area contributed by atoms with E-state index in [2.05, 4.69) is 21.9 Å². The summed E-state index contributed by atoms with van der Waals surface area (Å²) in [6.45, 7) is 5.54. The zero-order chi connectivity index (χ0) is 11.4. The molecule has 0 amide bonds. The average Bonchev–Trinajstić information content (AvgIpc) is 2.63. The van der Waals surface area contributed by atoms with Crippen molar-refractivity contribution in [3.05, 3.63) is 12.2 Å². The molecular weight excluding hydrogens is 202 g/mol. The molecule has 1 fully saturated rings. The molecule has 0 aliphatic heterocycles. The molecule has 1 aliphatic rings. The first kappa shape index (κ1) is 11.5. The molecule has 1 heterocycles. The van der Waals surface area contributed by atoms with Crippen molar-refractivity contribution < 1.29 is 0 Å². The third-order valence-electron chi connectivity index (χ3n) is 3.35. The Morgan fingerprint density at radius 3 is 2.94 bits per heavy atom. The van der Waals surface area contributed by atoms with Gasteiger partial charge in [0.2, 0.25) is 0 Å². The predicted molar refractivity (Wildman–Crippen MR) is 62.8 cm³/mol. The van der Waals surface area contributed by atoms with Gasteiger partial charge in [0.25, 0.3) is 0 Å². The van der Waals surface area contributed by atoms with Crippen molar-refractivity contribution in [3.63, 3.8) is 0 Å². The molecule has 1 aromatic rings. The van der Waals surface area contributed by atoms with Crippen LogP contribution in [0.5, 0.6) is 0 Å². The lowest BCUT2D eigenvalue weighted by Gasteiger charge is -2.37. The Bertz CT molecular complexity index is 318. The van der Waals surface area contributed by atoms with Crippen LogP contribution in [0.1, 0.15) is 32.0 Å². The fraction of sp³-hybridized carbons (Fsp3) is 0.818. The van der Waals surface area contributed by atoms with Crippen molar-refractivity contribution >= 4 is 0 Å². The van der Waals surface area contributed by atoms with Gasteiger partial charge in [-0.3, -0.25) is 4.90 Å². The summed E-state index contributed by atoms with van der Waals surface area (Å²) in [6.07, 6.45) is 5.60. The van der Waals surface area contributed by atoms with Gasteiger partial charge in [0, 0.05) is 25.7 Å². The summed E-state index contributed by atoms with van der Waals surface area (Å²) >= 11 is 0. The van der Waals surface area contributed by atoms with Crippen LogP contribution in [0.15, 0.2) is 6.33 Å². The van der Waals surface area contributed by atoms with E-state index in [0.717, 1.165) is 32.0 Å². The van der Waals surface area contributed by atoms with Gasteiger partial charge >= 0.3 is 0 Å². The maximum atomic E-state index is 5.66. The van der Waals surface area contributed by atoms with E-state index in [1.54, 1.807) is 6.33 Å². The smallest absolute Gasteiger partial charge is 0.141 e. The van der Waals surface area contributed by atoms with Crippen molar-refractivity contribution in [2.24, 2.45) is 5.73 Å². The van der Waals surface area contributed by atoms with Gasteiger partial charge in [-0.05, 0) is 19.8 Å². The number of hydrogen-bond acceptors (Lipinski definition) is 4. The monoisotopic (exact) mass is 223 g/mol. The van der Waals surface area contributed by atoms with Crippen LogP contribution in [0, 0.1) is 0 Å². The number of rotatable bonds is 6. The minimum Gasteiger partial charge on any atom is -0.329 e. The summed E-state index contributed by atoms with van der Waals surface area (Å²) in [5, 5.41) is 4.20. The highest BCUT2D eigenvalue weighted by molar-refractivity contribution is 4.89. The molecule has 0 saturated heterocycles. The van der Waals surface area contributed by atoms with Gasteiger partial charge < -0.3 is 5.73 Å². The Kier molecular flexibility index (Phi) is 3.90. The SMILES string of the molecule is CCn1ncnc1CN(CCN)C1CCC1. The molecule has 0 atom stereocenters. The molecule has 0 spiro atoms. The second-order valence-electron chi connectivity index (χ2n) is 4.34. The van der Waals surface area contributed by atoms with Crippen LogP contribution in [0.2, 0.25) is 0 Å². The van der Waals surface area contributed by atoms with Gasteiger partial charge in [-0.1, -0.05) is 6.42 Å². The van der Waals surface area contributed by atoms with Gasteiger partial charge in [-0.15, -0.1) is 0 Å². The lowest BCUT2D eigenvalue weighted by atomic mass is 9.91.